The van der Waals surface area contributed by atoms with Crippen LogP contribution >= 0.6 is 0 Å². The summed E-state index contributed by atoms with van der Waals surface area (Å²) in [7, 11) is 0. The first-order valence-corrected chi connectivity index (χ1v) is 9.42. The van der Waals surface area contributed by atoms with Crippen LogP contribution in [-0.2, 0) is 9.53 Å². The van der Waals surface area contributed by atoms with Crippen molar-refractivity contribution in [1.29, 1.82) is 0 Å². The first kappa shape index (κ1) is 20.3. The highest BCUT2D eigenvalue weighted by Gasteiger charge is 2.32. The van der Waals surface area contributed by atoms with Crippen molar-refractivity contribution < 1.29 is 14.3 Å². The van der Waals surface area contributed by atoms with Gasteiger partial charge in [0.1, 0.15) is 5.60 Å². The smallest absolute Gasteiger partial charge is 0.410 e. The number of ether oxygens (including phenoxy) is 1. The highest BCUT2D eigenvalue weighted by molar-refractivity contribution is 5.84. The Balaban J connectivity index is 2.01. The maximum absolute atomic E-state index is 13.1. The Morgan fingerprint density at radius 2 is 1.46 bits per heavy atom. The molecule has 5 heteroatoms. The molecule has 1 aromatic rings. The summed E-state index contributed by atoms with van der Waals surface area (Å²) in [6, 6.07) is 8.21. The molecule has 1 aliphatic heterocycles. The van der Waals surface area contributed by atoms with E-state index in [2.05, 4.69) is 38.1 Å². The molecule has 0 spiro atoms. The molecule has 26 heavy (non-hydrogen) atoms. The molecule has 0 radical (unpaired) electrons. The quantitative estimate of drug-likeness (QED) is 0.823. The first-order chi connectivity index (χ1) is 12.1. The number of aryl methyl sites for hydroxylation is 1. The minimum Gasteiger partial charge on any atom is -0.444 e. The predicted molar refractivity (Wildman–Crippen MR) is 103 cm³/mol. The zero-order chi connectivity index (χ0) is 19.5. The number of nitrogens with zero attached hydrogens (tertiary/aromatic N) is 2. The van der Waals surface area contributed by atoms with Crippen LogP contribution in [0.4, 0.5) is 4.79 Å². The van der Waals surface area contributed by atoms with Crippen LogP contribution in [0.15, 0.2) is 24.3 Å². The van der Waals surface area contributed by atoms with Gasteiger partial charge in [0, 0.05) is 26.2 Å². The molecule has 1 fully saturated rings. The van der Waals surface area contributed by atoms with Crippen LogP contribution in [0.3, 0.4) is 0 Å². The summed E-state index contributed by atoms with van der Waals surface area (Å²) in [4.78, 5) is 28.9. The van der Waals surface area contributed by atoms with Crippen LogP contribution < -0.4 is 0 Å². The van der Waals surface area contributed by atoms with E-state index in [9.17, 15) is 9.59 Å². The summed E-state index contributed by atoms with van der Waals surface area (Å²) >= 11 is 0. The van der Waals surface area contributed by atoms with Crippen molar-refractivity contribution in [3.05, 3.63) is 35.4 Å². The van der Waals surface area contributed by atoms with Gasteiger partial charge in [-0.25, -0.2) is 4.79 Å². The van der Waals surface area contributed by atoms with Crippen LogP contribution in [0.1, 0.15) is 51.7 Å². The second-order valence-corrected chi connectivity index (χ2v) is 8.43. The summed E-state index contributed by atoms with van der Waals surface area (Å²) in [5.41, 5.74) is 1.75. The average molecular weight is 360 g/mol. The molecule has 1 saturated heterocycles. The summed E-state index contributed by atoms with van der Waals surface area (Å²) in [6.07, 6.45) is -0.302. The molecule has 2 amide bonds. The van der Waals surface area contributed by atoms with Gasteiger partial charge in [0.25, 0.3) is 0 Å². The SMILES string of the molecule is Cc1ccc(C(C(=O)N2CCN(C(=O)OC(C)(C)C)CC2)C(C)C)cc1. The van der Waals surface area contributed by atoms with E-state index in [4.69, 9.17) is 4.74 Å². The normalized spacial score (nSPS) is 16.6. The standard InChI is InChI=1S/C21H32N2O3/c1-15(2)18(17-9-7-16(3)8-10-17)19(24)22-11-13-23(14-12-22)20(25)26-21(4,5)6/h7-10,15,18H,11-14H2,1-6H3. The number of piperazine rings is 1. The van der Waals surface area contributed by atoms with Crippen molar-refractivity contribution in [2.75, 3.05) is 26.2 Å². The van der Waals surface area contributed by atoms with Gasteiger partial charge < -0.3 is 14.5 Å². The van der Waals surface area contributed by atoms with Gasteiger partial charge in [0.05, 0.1) is 5.92 Å². The Labute approximate surface area is 157 Å². The van der Waals surface area contributed by atoms with E-state index in [0.29, 0.717) is 26.2 Å². The Kier molecular flexibility index (Phi) is 6.32. The third kappa shape index (κ3) is 5.23. The lowest BCUT2D eigenvalue weighted by atomic mass is 9.86. The van der Waals surface area contributed by atoms with Crippen molar-refractivity contribution in [3.8, 4) is 0 Å². The van der Waals surface area contributed by atoms with Gasteiger partial charge in [0.2, 0.25) is 5.91 Å². The van der Waals surface area contributed by atoms with E-state index < -0.39 is 5.60 Å². The van der Waals surface area contributed by atoms with Crippen LogP contribution in [0.5, 0.6) is 0 Å². The predicted octanol–water partition coefficient (Wildman–Crippen LogP) is 3.81. The van der Waals surface area contributed by atoms with E-state index in [1.54, 1.807) is 4.90 Å². The van der Waals surface area contributed by atoms with Crippen LogP contribution in [0.25, 0.3) is 0 Å². The highest BCUT2D eigenvalue weighted by Crippen LogP contribution is 2.27. The molecule has 1 heterocycles. The lowest BCUT2D eigenvalue weighted by Crippen LogP contribution is -2.52. The minimum atomic E-state index is -0.502. The summed E-state index contributed by atoms with van der Waals surface area (Å²) in [5, 5.41) is 0. The van der Waals surface area contributed by atoms with Crippen molar-refractivity contribution in [2.45, 2.75) is 53.1 Å². The molecule has 0 saturated carbocycles. The minimum absolute atomic E-state index is 0.146. The number of hydrogen-bond acceptors (Lipinski definition) is 3. The molecule has 5 nitrogen and oxygen atoms in total. The van der Waals surface area contributed by atoms with Crippen LogP contribution in [-0.4, -0.2) is 53.6 Å². The van der Waals surface area contributed by atoms with Crippen molar-refractivity contribution in [1.82, 2.24) is 9.80 Å². The van der Waals surface area contributed by atoms with Crippen molar-refractivity contribution in [3.63, 3.8) is 0 Å². The molecule has 0 bridgehead atoms. The maximum atomic E-state index is 13.1. The van der Waals surface area contributed by atoms with Gasteiger partial charge in [-0.2, -0.15) is 0 Å². The first-order valence-electron chi connectivity index (χ1n) is 9.42. The fraction of sp³-hybridized carbons (Fsp3) is 0.619. The Bertz CT molecular complexity index is 624. The Morgan fingerprint density at radius 3 is 1.92 bits per heavy atom. The fourth-order valence-corrected chi connectivity index (χ4v) is 3.22. The molecule has 1 aliphatic rings. The van der Waals surface area contributed by atoms with Gasteiger partial charge in [-0.15, -0.1) is 0 Å². The lowest BCUT2D eigenvalue weighted by molar-refractivity contribution is -0.135. The number of hydrogen-bond donors (Lipinski definition) is 0. The van der Waals surface area contributed by atoms with E-state index >= 15 is 0 Å². The zero-order valence-electron chi connectivity index (χ0n) is 16.9. The van der Waals surface area contributed by atoms with E-state index in [-0.39, 0.29) is 23.8 Å². The molecule has 0 aromatic heterocycles. The molecular weight excluding hydrogens is 328 g/mol. The lowest BCUT2D eigenvalue weighted by Gasteiger charge is -2.37. The molecule has 144 valence electrons. The highest BCUT2D eigenvalue weighted by atomic mass is 16.6. The van der Waals surface area contributed by atoms with Crippen molar-refractivity contribution in [2.24, 2.45) is 5.92 Å². The Hall–Kier alpha value is -2.04. The van der Waals surface area contributed by atoms with Gasteiger partial charge in [0.15, 0.2) is 0 Å². The topological polar surface area (TPSA) is 49.9 Å². The molecular formula is C21H32N2O3. The molecule has 1 atom stereocenters. The number of carbonyl (C=O) groups is 2. The largest absolute Gasteiger partial charge is 0.444 e. The summed E-state index contributed by atoms with van der Waals surface area (Å²) < 4.78 is 5.42. The molecule has 0 aliphatic carbocycles. The van der Waals surface area contributed by atoms with Gasteiger partial charge >= 0.3 is 6.09 Å². The maximum Gasteiger partial charge on any atom is 0.410 e. The summed E-state index contributed by atoms with van der Waals surface area (Å²) in [6.45, 7) is 13.9. The average Bonchev–Trinajstić information content (AvgIpc) is 2.55. The molecule has 2 rings (SSSR count). The number of carbonyl (C=O) groups excluding carboxylic acids is 2. The van der Waals surface area contributed by atoms with Gasteiger partial charge in [-0.05, 0) is 39.2 Å². The number of amides is 2. The zero-order valence-corrected chi connectivity index (χ0v) is 16.9. The van der Waals surface area contributed by atoms with E-state index in [1.807, 2.05) is 32.6 Å². The number of rotatable bonds is 3. The van der Waals surface area contributed by atoms with E-state index in [0.717, 1.165) is 5.56 Å². The van der Waals surface area contributed by atoms with Gasteiger partial charge in [-0.1, -0.05) is 43.7 Å². The number of benzene rings is 1. The monoisotopic (exact) mass is 360 g/mol. The third-order valence-corrected chi connectivity index (χ3v) is 4.61. The second-order valence-electron chi connectivity index (χ2n) is 8.43. The van der Waals surface area contributed by atoms with Gasteiger partial charge in [-0.3, -0.25) is 4.79 Å². The van der Waals surface area contributed by atoms with Crippen molar-refractivity contribution >= 4 is 12.0 Å². The van der Waals surface area contributed by atoms with E-state index in [1.165, 1.54) is 5.56 Å². The molecule has 1 unspecified atom stereocenters. The molecule has 1 aromatic carbocycles. The third-order valence-electron chi connectivity index (χ3n) is 4.61. The molecule has 0 N–H and O–H groups in total. The fourth-order valence-electron chi connectivity index (χ4n) is 3.22. The van der Waals surface area contributed by atoms with Crippen LogP contribution in [0, 0.1) is 12.8 Å². The Morgan fingerprint density at radius 1 is 0.962 bits per heavy atom. The summed E-state index contributed by atoms with van der Waals surface area (Å²) in [5.74, 6) is 0.213. The van der Waals surface area contributed by atoms with Crippen LogP contribution in [0.2, 0.25) is 0 Å². The second kappa shape index (κ2) is 8.11.